The SMILES string of the molecule is CCC(C)c1ccc(-c2cccc3[cH-]c(C(C)C)cc23)cc1.C[Si](C)=[Zr+2].Cc1cc2c(-c3ccc(C(C)(C)C)cc3)ccc(C)c2[cH-]1.[Cl-].[Cl-]. The Balaban J connectivity index is 0.000000296. The number of aryl methyl sites for hydroxylation is 2. The van der Waals surface area contributed by atoms with Gasteiger partial charge in [-0.3, -0.25) is 0 Å². The van der Waals surface area contributed by atoms with Crippen LogP contribution in [0.2, 0.25) is 13.1 Å². The number of hydrogen-bond acceptors (Lipinski definition) is 0. The van der Waals surface area contributed by atoms with Crippen molar-refractivity contribution in [3.8, 4) is 22.3 Å². The Morgan fingerprint density at radius 3 is 1.80 bits per heavy atom. The van der Waals surface area contributed by atoms with E-state index in [1.54, 1.807) is 23.3 Å². The molecule has 1 unspecified atom stereocenters. The van der Waals surface area contributed by atoms with Gasteiger partial charge in [0.05, 0.1) is 0 Å². The molecule has 0 aliphatic rings. The molecule has 0 aliphatic carbocycles. The summed E-state index contributed by atoms with van der Waals surface area (Å²) < 4.78 is 0. The molecule has 4 heteroatoms. The third-order valence-corrected chi connectivity index (χ3v) is 9.15. The maximum atomic E-state index is 2.36. The molecule has 49 heavy (non-hydrogen) atoms. The Kier molecular flexibility index (Phi) is 16.5. The summed E-state index contributed by atoms with van der Waals surface area (Å²) in [7, 11) is 0. The molecule has 0 nitrogen and oxygen atoms in total. The van der Waals surface area contributed by atoms with Crippen LogP contribution in [0.15, 0.2) is 103 Å². The normalized spacial score (nSPS) is 11.6. The Labute approximate surface area is 325 Å². The monoisotopic (exact) mass is 782 g/mol. The minimum absolute atomic E-state index is 0. The molecule has 0 radical (unpaired) electrons. The Hall–Kier alpha value is -2.22. The molecule has 0 spiro atoms. The molecular weight excluding hydrogens is 731 g/mol. The predicted octanol–water partition coefficient (Wildman–Crippen LogP) is 7.79. The van der Waals surface area contributed by atoms with Gasteiger partial charge < -0.3 is 24.8 Å². The van der Waals surface area contributed by atoms with E-state index in [1.807, 2.05) is 0 Å². The molecule has 0 saturated carbocycles. The minimum Gasteiger partial charge on any atom is -1.00 e. The summed E-state index contributed by atoms with van der Waals surface area (Å²) in [5, 5.41) is 5.48. The summed E-state index contributed by atoms with van der Waals surface area (Å²) in [6, 6.07) is 38.6. The molecule has 0 amide bonds. The van der Waals surface area contributed by atoms with Crippen LogP contribution in [0, 0.1) is 13.8 Å². The van der Waals surface area contributed by atoms with Gasteiger partial charge in [0, 0.05) is 0 Å². The van der Waals surface area contributed by atoms with Crippen LogP contribution in [0.4, 0.5) is 0 Å². The number of rotatable bonds is 5. The van der Waals surface area contributed by atoms with Gasteiger partial charge in [-0.25, -0.2) is 0 Å². The van der Waals surface area contributed by atoms with E-state index in [0.29, 0.717) is 11.8 Å². The van der Waals surface area contributed by atoms with Crippen LogP contribution in [-0.4, -0.2) is 5.43 Å². The van der Waals surface area contributed by atoms with E-state index in [1.165, 1.54) is 78.0 Å². The second-order valence-electron chi connectivity index (χ2n) is 14.8. The average molecular weight is 785 g/mol. The van der Waals surface area contributed by atoms with Crippen LogP contribution < -0.4 is 24.8 Å². The molecule has 0 bridgehead atoms. The van der Waals surface area contributed by atoms with Crippen LogP contribution in [-0.2, 0) is 28.8 Å². The van der Waals surface area contributed by atoms with Crippen LogP contribution >= 0.6 is 0 Å². The smallest absolute Gasteiger partial charge is 0.0132 e. The van der Waals surface area contributed by atoms with Crippen molar-refractivity contribution >= 4 is 27.0 Å². The fraction of sp³-hybridized carbons (Fsp3) is 0.333. The van der Waals surface area contributed by atoms with Gasteiger partial charge >= 0.3 is 41.9 Å². The van der Waals surface area contributed by atoms with Crippen molar-refractivity contribution in [1.29, 1.82) is 0 Å². The van der Waals surface area contributed by atoms with Gasteiger partial charge in [0.15, 0.2) is 0 Å². The van der Waals surface area contributed by atoms with Gasteiger partial charge in [-0.15, -0.1) is 68.6 Å². The Morgan fingerprint density at radius 1 is 0.714 bits per heavy atom. The molecule has 0 aromatic heterocycles. The second kappa shape index (κ2) is 18.9. The summed E-state index contributed by atoms with van der Waals surface area (Å²) in [6.45, 7) is 24.8. The second-order valence-corrected chi connectivity index (χ2v) is 24.2. The van der Waals surface area contributed by atoms with Gasteiger partial charge in [-0.05, 0) is 45.9 Å². The summed E-state index contributed by atoms with van der Waals surface area (Å²) >= 11 is 1.74. The van der Waals surface area contributed by atoms with Gasteiger partial charge in [0.1, 0.15) is 0 Å². The zero-order chi connectivity index (χ0) is 34.5. The van der Waals surface area contributed by atoms with E-state index >= 15 is 0 Å². The first-order chi connectivity index (χ1) is 22.2. The maximum Gasteiger partial charge on any atom is -0.0132 e. The fourth-order valence-electron chi connectivity index (χ4n) is 6.06. The van der Waals surface area contributed by atoms with Crippen molar-refractivity contribution < 1.29 is 48.1 Å². The largest absolute Gasteiger partial charge is 1.00 e. The van der Waals surface area contributed by atoms with E-state index in [-0.39, 0.29) is 35.7 Å². The molecule has 258 valence electrons. The van der Waals surface area contributed by atoms with Gasteiger partial charge in [0.2, 0.25) is 0 Å². The summed E-state index contributed by atoms with van der Waals surface area (Å²) in [5.74, 6) is 1.21. The first-order valence-electron chi connectivity index (χ1n) is 17.3. The van der Waals surface area contributed by atoms with Crippen molar-refractivity contribution in [3.63, 3.8) is 0 Å². The van der Waals surface area contributed by atoms with Gasteiger partial charge in [-0.2, -0.15) is 12.1 Å². The predicted molar refractivity (Wildman–Crippen MR) is 208 cm³/mol. The van der Waals surface area contributed by atoms with Crippen LogP contribution in [0.25, 0.3) is 43.8 Å². The molecule has 1 atom stereocenters. The van der Waals surface area contributed by atoms with Crippen molar-refractivity contribution in [2.24, 2.45) is 0 Å². The first kappa shape index (κ1) is 42.9. The van der Waals surface area contributed by atoms with E-state index in [2.05, 4.69) is 179 Å². The molecular formula is C45H54Cl2SiZr-2. The summed E-state index contributed by atoms with van der Waals surface area (Å²) in [5.41, 5.74) is 12.7. The third kappa shape index (κ3) is 11.1. The molecule has 0 heterocycles. The summed E-state index contributed by atoms with van der Waals surface area (Å²) in [6.07, 6.45) is 1.19. The van der Waals surface area contributed by atoms with E-state index in [4.69, 9.17) is 0 Å². The molecule has 0 saturated heterocycles. The van der Waals surface area contributed by atoms with Crippen LogP contribution in [0.5, 0.6) is 0 Å². The molecule has 6 rings (SSSR count). The zero-order valence-electron chi connectivity index (χ0n) is 31.4. The molecule has 0 aliphatic heterocycles. The van der Waals surface area contributed by atoms with Gasteiger partial charge in [0.25, 0.3) is 0 Å². The van der Waals surface area contributed by atoms with Crippen molar-refractivity contribution in [2.45, 2.75) is 99.1 Å². The quantitative estimate of drug-likeness (QED) is 0.124. The number of benzene rings is 4. The van der Waals surface area contributed by atoms with Crippen molar-refractivity contribution in [1.82, 2.24) is 0 Å². The molecule has 0 fully saturated rings. The average Bonchev–Trinajstić information content (AvgIpc) is 3.65. The molecule has 0 N–H and O–H groups in total. The minimum atomic E-state index is 0. The maximum absolute atomic E-state index is 2.36. The van der Waals surface area contributed by atoms with Crippen LogP contribution in [0.1, 0.15) is 94.5 Å². The molecule has 6 aromatic carbocycles. The topological polar surface area (TPSA) is 0 Å². The Bertz CT molecular complexity index is 1930. The number of hydrogen-bond donors (Lipinski definition) is 0. The standard InChI is InChI=1S/C22H25.C21H23.C2H6Si.2ClH.Zr/c1-5-16(4)17-9-11-18(12-10-17)21-8-6-7-19-13-20(15(2)3)14-22(19)21;1-14-12-19-15(2)6-11-18(20(19)13-14)16-7-9-17(10-8-16)21(3,4)5;1-3-2;;;/h6-16H,5H2,1-4H3;6-13H,1-5H3;1-2H3;2*1H;/q2*-1;;;;+2/p-2. The van der Waals surface area contributed by atoms with Crippen molar-refractivity contribution in [3.05, 3.63) is 131 Å². The Morgan fingerprint density at radius 2 is 1.27 bits per heavy atom. The van der Waals surface area contributed by atoms with E-state index in [9.17, 15) is 0 Å². The zero-order valence-corrected chi connectivity index (χ0v) is 36.4. The fourth-order valence-corrected chi connectivity index (χ4v) is 6.06. The van der Waals surface area contributed by atoms with Crippen LogP contribution in [0.3, 0.4) is 0 Å². The van der Waals surface area contributed by atoms with Crippen molar-refractivity contribution in [2.75, 3.05) is 0 Å². The van der Waals surface area contributed by atoms with E-state index < -0.39 is 0 Å². The first-order valence-corrected chi connectivity index (χ1v) is 23.5. The number of fused-ring (bicyclic) bond motifs is 2. The third-order valence-electron chi connectivity index (χ3n) is 9.15. The summed E-state index contributed by atoms with van der Waals surface area (Å²) in [4.78, 5) is 0. The molecule has 6 aromatic rings. The number of halogens is 2. The van der Waals surface area contributed by atoms with Gasteiger partial charge in [-0.1, -0.05) is 134 Å². The van der Waals surface area contributed by atoms with E-state index in [0.717, 1.165) is 0 Å².